The van der Waals surface area contributed by atoms with E-state index in [1.54, 1.807) is 12.1 Å². The molecule has 0 saturated heterocycles. The molecule has 0 spiro atoms. The van der Waals surface area contributed by atoms with Crippen molar-refractivity contribution in [3.05, 3.63) is 59.1 Å². The van der Waals surface area contributed by atoms with E-state index in [4.69, 9.17) is 17.3 Å². The summed E-state index contributed by atoms with van der Waals surface area (Å²) in [7, 11) is 0. The first-order chi connectivity index (χ1) is 10.1. The van der Waals surface area contributed by atoms with E-state index in [0.717, 1.165) is 10.6 Å². The number of para-hydroxylation sites is 2. The summed E-state index contributed by atoms with van der Waals surface area (Å²) >= 11 is 7.65. The Morgan fingerprint density at radius 3 is 2.62 bits per heavy atom. The summed E-state index contributed by atoms with van der Waals surface area (Å²) < 4.78 is 0. The molecule has 0 heterocycles. The van der Waals surface area contributed by atoms with E-state index in [1.165, 1.54) is 11.8 Å². The Labute approximate surface area is 133 Å². The summed E-state index contributed by atoms with van der Waals surface area (Å²) in [5.41, 5.74) is 8.06. The van der Waals surface area contributed by atoms with Crippen LogP contribution in [0.5, 0.6) is 0 Å². The second-order valence-corrected chi connectivity index (χ2v) is 6.36. The van der Waals surface area contributed by atoms with Crippen molar-refractivity contribution in [2.24, 2.45) is 0 Å². The van der Waals surface area contributed by atoms with Crippen LogP contribution in [0.3, 0.4) is 0 Å². The highest BCUT2D eigenvalue weighted by Gasteiger charge is 2.15. The van der Waals surface area contributed by atoms with Gasteiger partial charge in [-0.25, -0.2) is 0 Å². The van der Waals surface area contributed by atoms with E-state index < -0.39 is 0 Å². The third-order valence-electron chi connectivity index (χ3n) is 3.03. The summed E-state index contributed by atoms with van der Waals surface area (Å²) in [6.07, 6.45) is 0. The molecule has 0 aliphatic rings. The number of amides is 1. The minimum atomic E-state index is -0.194. The van der Waals surface area contributed by atoms with Crippen LogP contribution in [0.15, 0.2) is 48.5 Å². The predicted molar refractivity (Wildman–Crippen MR) is 91.7 cm³/mol. The Morgan fingerprint density at radius 1 is 1.24 bits per heavy atom. The first kappa shape index (κ1) is 15.7. The summed E-state index contributed by atoms with van der Waals surface area (Å²) in [6, 6.07) is 14.9. The Hall–Kier alpha value is -1.65. The molecule has 110 valence electrons. The number of nitrogens with two attached hydrogens (primary N) is 1. The molecule has 2 aromatic rings. The van der Waals surface area contributed by atoms with Crippen molar-refractivity contribution in [1.82, 2.24) is 0 Å². The van der Waals surface area contributed by atoms with Gasteiger partial charge in [-0.15, -0.1) is 11.8 Å². The third kappa shape index (κ3) is 4.41. The van der Waals surface area contributed by atoms with E-state index >= 15 is 0 Å². The van der Waals surface area contributed by atoms with Crippen molar-refractivity contribution < 1.29 is 4.79 Å². The number of halogens is 1. The normalized spacial score (nSPS) is 11.9. The number of hydrogen-bond acceptors (Lipinski definition) is 3. The third-order valence-corrected chi connectivity index (χ3v) is 4.60. The molecule has 5 heteroatoms. The molecule has 1 unspecified atom stereocenters. The van der Waals surface area contributed by atoms with Gasteiger partial charge >= 0.3 is 0 Å². The predicted octanol–water partition coefficient (Wildman–Crippen LogP) is 4.18. The molecule has 0 radical (unpaired) electrons. The monoisotopic (exact) mass is 320 g/mol. The molecule has 0 fully saturated rings. The number of rotatable bonds is 5. The number of nitrogen functional groups attached to an aromatic ring is 1. The number of anilines is 2. The highest BCUT2D eigenvalue weighted by molar-refractivity contribution is 7.99. The molecule has 0 aromatic heterocycles. The fourth-order valence-corrected chi connectivity index (χ4v) is 2.92. The van der Waals surface area contributed by atoms with Crippen LogP contribution in [0, 0.1) is 0 Å². The lowest BCUT2D eigenvalue weighted by Crippen LogP contribution is -2.23. The molecule has 0 aliphatic heterocycles. The standard InChI is InChI=1S/C16H17ClN2OS/c1-11(21-10-12-6-2-3-7-13(12)17)16(20)19-15-9-5-4-8-14(15)18/h2-9,11H,10,18H2,1H3,(H,19,20). The molecular formula is C16H17ClN2OS. The van der Waals surface area contributed by atoms with E-state index in [2.05, 4.69) is 5.32 Å². The fraction of sp³-hybridized carbons (Fsp3) is 0.188. The van der Waals surface area contributed by atoms with E-state index in [9.17, 15) is 4.79 Å². The number of carbonyl (C=O) groups excluding carboxylic acids is 1. The van der Waals surface area contributed by atoms with E-state index in [-0.39, 0.29) is 11.2 Å². The van der Waals surface area contributed by atoms with Gasteiger partial charge in [-0.2, -0.15) is 0 Å². The summed E-state index contributed by atoms with van der Waals surface area (Å²) in [4.78, 5) is 12.2. The molecule has 3 N–H and O–H groups in total. The molecule has 0 saturated carbocycles. The smallest absolute Gasteiger partial charge is 0.237 e. The zero-order valence-electron chi connectivity index (χ0n) is 11.7. The van der Waals surface area contributed by atoms with E-state index in [0.29, 0.717) is 17.1 Å². The van der Waals surface area contributed by atoms with Gasteiger partial charge in [-0.1, -0.05) is 41.9 Å². The number of carbonyl (C=O) groups is 1. The molecule has 2 rings (SSSR count). The quantitative estimate of drug-likeness (QED) is 0.812. The highest BCUT2D eigenvalue weighted by atomic mass is 35.5. The number of nitrogens with one attached hydrogen (secondary N) is 1. The summed E-state index contributed by atoms with van der Waals surface area (Å²) in [5.74, 6) is 0.628. The van der Waals surface area contributed by atoms with Crippen LogP contribution < -0.4 is 11.1 Å². The maximum Gasteiger partial charge on any atom is 0.237 e. The van der Waals surface area contributed by atoms with Gasteiger partial charge in [0.15, 0.2) is 0 Å². The van der Waals surface area contributed by atoms with Crippen molar-refractivity contribution in [3.8, 4) is 0 Å². The zero-order chi connectivity index (χ0) is 15.2. The molecule has 0 aliphatic carbocycles. The minimum Gasteiger partial charge on any atom is -0.397 e. The van der Waals surface area contributed by atoms with Crippen LogP contribution in [0.25, 0.3) is 0 Å². The van der Waals surface area contributed by atoms with Gasteiger partial charge < -0.3 is 11.1 Å². The Balaban J connectivity index is 1.91. The highest BCUT2D eigenvalue weighted by Crippen LogP contribution is 2.25. The van der Waals surface area contributed by atoms with Gasteiger partial charge in [0.25, 0.3) is 0 Å². The van der Waals surface area contributed by atoms with Crippen molar-refractivity contribution in [2.75, 3.05) is 11.1 Å². The minimum absolute atomic E-state index is 0.0649. The Morgan fingerprint density at radius 2 is 1.90 bits per heavy atom. The maximum absolute atomic E-state index is 12.2. The molecule has 1 atom stereocenters. The van der Waals surface area contributed by atoms with Crippen molar-refractivity contribution in [1.29, 1.82) is 0 Å². The van der Waals surface area contributed by atoms with Gasteiger partial charge in [0.05, 0.1) is 16.6 Å². The molecule has 2 aromatic carbocycles. The SMILES string of the molecule is CC(SCc1ccccc1Cl)C(=O)Nc1ccccc1N. The summed E-state index contributed by atoms with van der Waals surface area (Å²) in [5, 5.41) is 3.38. The second kappa shape index (κ2) is 7.38. The van der Waals surface area contributed by atoms with Gasteiger partial charge in [0.2, 0.25) is 5.91 Å². The number of benzene rings is 2. The zero-order valence-corrected chi connectivity index (χ0v) is 13.2. The fourth-order valence-electron chi connectivity index (χ4n) is 1.75. The van der Waals surface area contributed by atoms with Crippen LogP contribution in [0.1, 0.15) is 12.5 Å². The van der Waals surface area contributed by atoms with Gasteiger partial charge in [-0.05, 0) is 30.7 Å². The van der Waals surface area contributed by atoms with Gasteiger partial charge in [0, 0.05) is 10.8 Å². The lowest BCUT2D eigenvalue weighted by molar-refractivity contribution is -0.115. The number of hydrogen-bond donors (Lipinski definition) is 2. The first-order valence-corrected chi connectivity index (χ1v) is 8.01. The van der Waals surface area contributed by atoms with Gasteiger partial charge in [0.1, 0.15) is 0 Å². The molecule has 21 heavy (non-hydrogen) atoms. The van der Waals surface area contributed by atoms with Crippen LogP contribution in [0.2, 0.25) is 5.02 Å². The molecular weight excluding hydrogens is 304 g/mol. The van der Waals surface area contributed by atoms with Crippen molar-refractivity contribution in [3.63, 3.8) is 0 Å². The second-order valence-electron chi connectivity index (χ2n) is 4.62. The largest absolute Gasteiger partial charge is 0.397 e. The van der Waals surface area contributed by atoms with Crippen molar-refractivity contribution >= 4 is 40.6 Å². The first-order valence-electron chi connectivity index (χ1n) is 6.58. The topological polar surface area (TPSA) is 55.1 Å². The lowest BCUT2D eigenvalue weighted by Gasteiger charge is -2.13. The Bertz CT molecular complexity index is 633. The summed E-state index contributed by atoms with van der Waals surface area (Å²) in [6.45, 7) is 1.87. The average Bonchev–Trinajstić information content (AvgIpc) is 2.48. The maximum atomic E-state index is 12.2. The van der Waals surface area contributed by atoms with Crippen molar-refractivity contribution in [2.45, 2.75) is 17.9 Å². The van der Waals surface area contributed by atoms with Crippen LogP contribution in [0.4, 0.5) is 11.4 Å². The van der Waals surface area contributed by atoms with E-state index in [1.807, 2.05) is 43.3 Å². The number of thioether (sulfide) groups is 1. The average molecular weight is 321 g/mol. The van der Waals surface area contributed by atoms with Gasteiger partial charge in [-0.3, -0.25) is 4.79 Å². The van der Waals surface area contributed by atoms with Crippen LogP contribution >= 0.6 is 23.4 Å². The molecule has 0 bridgehead atoms. The molecule has 3 nitrogen and oxygen atoms in total. The lowest BCUT2D eigenvalue weighted by atomic mass is 10.2. The Kier molecular flexibility index (Phi) is 5.53. The van der Waals surface area contributed by atoms with Crippen LogP contribution in [-0.4, -0.2) is 11.2 Å². The van der Waals surface area contributed by atoms with Crippen LogP contribution in [-0.2, 0) is 10.5 Å². The molecule has 1 amide bonds.